The summed E-state index contributed by atoms with van der Waals surface area (Å²) in [4.78, 5) is 8.40. The van der Waals surface area contributed by atoms with Gasteiger partial charge in [0.25, 0.3) is 10.0 Å². The van der Waals surface area contributed by atoms with Gasteiger partial charge in [0.05, 0.1) is 16.6 Å². The quantitative estimate of drug-likeness (QED) is 0.586. The van der Waals surface area contributed by atoms with Gasteiger partial charge in [-0.25, -0.2) is 22.8 Å². The van der Waals surface area contributed by atoms with Crippen molar-refractivity contribution in [1.29, 1.82) is 0 Å². The Labute approximate surface area is 188 Å². The van der Waals surface area contributed by atoms with Crippen molar-refractivity contribution in [1.82, 2.24) is 14.9 Å². The van der Waals surface area contributed by atoms with E-state index in [4.69, 9.17) is 11.6 Å². The number of aromatic nitrogens is 2. The standard InChI is InChI=1S/C19H22ClF4N5O2S/c1-29(2)16-7-11(19(22,23)24)3-4-14(16)27-15-9-13(21)17(8-12(15)20)32(30,31)28-18-5-6-25-10-26-18/h5-6,8-11,14,16,27H,3-4,7H2,1-2H3,(H,25,26,28)/t11?,14-,16-/m0/s1. The van der Waals surface area contributed by atoms with Gasteiger partial charge in [-0.1, -0.05) is 11.6 Å². The second-order valence-corrected chi connectivity index (χ2v) is 9.85. The average Bonchev–Trinajstić information content (AvgIpc) is 2.70. The largest absolute Gasteiger partial charge is 0.391 e. The van der Waals surface area contributed by atoms with Crippen LogP contribution in [0.4, 0.5) is 29.1 Å². The van der Waals surface area contributed by atoms with Gasteiger partial charge in [0.15, 0.2) is 0 Å². The van der Waals surface area contributed by atoms with E-state index >= 15 is 0 Å². The van der Waals surface area contributed by atoms with E-state index in [1.807, 2.05) is 0 Å². The molecule has 0 saturated heterocycles. The highest BCUT2D eigenvalue weighted by atomic mass is 35.5. The lowest BCUT2D eigenvalue weighted by Crippen LogP contribution is -2.49. The number of alkyl halides is 3. The van der Waals surface area contributed by atoms with Gasteiger partial charge in [-0.05, 0) is 51.6 Å². The van der Waals surface area contributed by atoms with E-state index in [2.05, 4.69) is 20.0 Å². The molecule has 1 fully saturated rings. The van der Waals surface area contributed by atoms with Crippen LogP contribution < -0.4 is 10.0 Å². The third-order valence-corrected chi connectivity index (χ3v) is 7.10. The van der Waals surface area contributed by atoms with E-state index in [1.165, 1.54) is 12.3 Å². The zero-order chi connectivity index (χ0) is 23.7. The molecule has 1 aliphatic carbocycles. The minimum absolute atomic E-state index is 0.0482. The maximum Gasteiger partial charge on any atom is 0.391 e. The molecule has 32 heavy (non-hydrogen) atoms. The molecule has 0 amide bonds. The van der Waals surface area contributed by atoms with E-state index in [-0.39, 0.29) is 35.8 Å². The summed E-state index contributed by atoms with van der Waals surface area (Å²) in [6.45, 7) is 0. The van der Waals surface area contributed by atoms with Crippen LogP contribution in [0.1, 0.15) is 19.3 Å². The summed E-state index contributed by atoms with van der Waals surface area (Å²) < 4.78 is 81.5. The van der Waals surface area contributed by atoms with Gasteiger partial charge in [0, 0.05) is 18.3 Å². The van der Waals surface area contributed by atoms with Crippen molar-refractivity contribution >= 4 is 33.1 Å². The Hall–Kier alpha value is -2.18. The molecule has 0 spiro atoms. The predicted molar refractivity (Wildman–Crippen MR) is 113 cm³/mol. The second kappa shape index (κ2) is 9.36. The van der Waals surface area contributed by atoms with Crippen molar-refractivity contribution in [2.24, 2.45) is 5.92 Å². The van der Waals surface area contributed by atoms with Crippen LogP contribution in [0.5, 0.6) is 0 Å². The van der Waals surface area contributed by atoms with Gasteiger partial charge in [-0.3, -0.25) is 4.72 Å². The Kier molecular flexibility index (Phi) is 7.15. The van der Waals surface area contributed by atoms with Crippen LogP contribution >= 0.6 is 11.6 Å². The van der Waals surface area contributed by atoms with Crippen molar-refractivity contribution in [3.8, 4) is 0 Å². The molecule has 2 N–H and O–H groups in total. The summed E-state index contributed by atoms with van der Waals surface area (Å²) >= 11 is 6.22. The number of nitrogens with zero attached hydrogens (tertiary/aromatic N) is 3. The Bertz CT molecular complexity index is 1050. The van der Waals surface area contributed by atoms with Crippen LogP contribution in [0.2, 0.25) is 5.02 Å². The van der Waals surface area contributed by atoms with E-state index in [0.29, 0.717) is 0 Å². The number of hydrogen-bond acceptors (Lipinski definition) is 6. The predicted octanol–water partition coefficient (Wildman–Crippen LogP) is 4.14. The van der Waals surface area contributed by atoms with Crippen LogP contribution in [-0.4, -0.2) is 55.6 Å². The molecule has 176 valence electrons. The fourth-order valence-corrected chi connectivity index (χ4v) is 5.15. The maximum absolute atomic E-state index is 14.7. The van der Waals surface area contributed by atoms with E-state index in [1.54, 1.807) is 19.0 Å². The molecule has 3 atom stereocenters. The van der Waals surface area contributed by atoms with E-state index in [9.17, 15) is 26.0 Å². The van der Waals surface area contributed by atoms with Crippen LogP contribution in [0, 0.1) is 11.7 Å². The molecule has 0 radical (unpaired) electrons. The zero-order valence-corrected chi connectivity index (χ0v) is 18.8. The van der Waals surface area contributed by atoms with E-state index < -0.39 is 44.9 Å². The molecule has 13 heteroatoms. The summed E-state index contributed by atoms with van der Waals surface area (Å²) in [5.41, 5.74) is 0.104. The van der Waals surface area contributed by atoms with Crippen LogP contribution in [0.15, 0.2) is 35.6 Å². The summed E-state index contributed by atoms with van der Waals surface area (Å²) in [6.07, 6.45) is -1.82. The molecule has 1 aromatic heterocycles. The summed E-state index contributed by atoms with van der Waals surface area (Å²) in [5.74, 6) is -2.53. The van der Waals surface area contributed by atoms with Gasteiger partial charge in [-0.15, -0.1) is 0 Å². The van der Waals surface area contributed by atoms with Crippen molar-refractivity contribution in [2.75, 3.05) is 24.1 Å². The average molecular weight is 496 g/mol. The Morgan fingerprint density at radius 2 is 1.94 bits per heavy atom. The van der Waals surface area contributed by atoms with Gasteiger partial charge in [-0.2, -0.15) is 13.2 Å². The first-order chi connectivity index (χ1) is 14.9. The van der Waals surface area contributed by atoms with Gasteiger partial charge >= 0.3 is 6.18 Å². The number of halogens is 5. The van der Waals surface area contributed by atoms with E-state index in [0.717, 1.165) is 18.5 Å². The first kappa shape index (κ1) is 24.5. The monoisotopic (exact) mass is 495 g/mol. The molecule has 1 saturated carbocycles. The molecular formula is C19H22ClF4N5O2S. The number of benzene rings is 1. The number of sulfonamides is 1. The first-order valence-electron chi connectivity index (χ1n) is 9.66. The molecule has 0 aliphatic heterocycles. The van der Waals surface area contributed by atoms with Crippen LogP contribution in [0.3, 0.4) is 0 Å². The molecule has 1 unspecified atom stereocenters. The third-order valence-electron chi connectivity index (χ3n) is 5.42. The SMILES string of the molecule is CN(C)[C@H]1CC(C(F)(F)F)CC[C@@H]1Nc1cc(F)c(S(=O)(=O)Nc2ccncn2)cc1Cl. The van der Waals surface area contributed by atoms with Gasteiger partial charge in [0.2, 0.25) is 0 Å². The second-order valence-electron chi connectivity index (χ2n) is 7.80. The van der Waals surface area contributed by atoms with Crippen LogP contribution in [0.25, 0.3) is 0 Å². The Morgan fingerprint density at radius 3 is 2.53 bits per heavy atom. The molecule has 1 aromatic carbocycles. The number of anilines is 2. The fourth-order valence-electron chi connectivity index (χ4n) is 3.77. The zero-order valence-electron chi connectivity index (χ0n) is 17.2. The summed E-state index contributed by atoms with van der Waals surface area (Å²) in [6, 6.07) is 2.28. The number of likely N-dealkylation sites (N-methyl/N-ethyl adjacent to an activating group) is 1. The van der Waals surface area contributed by atoms with Crippen molar-refractivity contribution in [3.63, 3.8) is 0 Å². The van der Waals surface area contributed by atoms with Gasteiger partial charge in [0.1, 0.15) is 22.9 Å². The molecule has 7 nitrogen and oxygen atoms in total. The van der Waals surface area contributed by atoms with Crippen molar-refractivity contribution < 1.29 is 26.0 Å². The Morgan fingerprint density at radius 1 is 1.22 bits per heavy atom. The Balaban J connectivity index is 1.82. The van der Waals surface area contributed by atoms with Crippen LogP contribution in [-0.2, 0) is 10.0 Å². The normalized spacial score (nSPS) is 22.1. The highest BCUT2D eigenvalue weighted by Crippen LogP contribution is 2.40. The lowest BCUT2D eigenvalue weighted by molar-refractivity contribution is -0.186. The minimum Gasteiger partial charge on any atom is -0.379 e. The van der Waals surface area contributed by atoms with Crippen molar-refractivity contribution in [2.45, 2.75) is 42.4 Å². The first-order valence-corrected chi connectivity index (χ1v) is 11.5. The summed E-state index contributed by atoms with van der Waals surface area (Å²) in [5, 5.41) is 2.93. The minimum atomic E-state index is -4.32. The molecule has 3 rings (SSSR count). The number of hydrogen-bond donors (Lipinski definition) is 2. The molecule has 0 bridgehead atoms. The number of nitrogens with one attached hydrogen (secondary N) is 2. The molecule has 1 heterocycles. The molecular weight excluding hydrogens is 474 g/mol. The maximum atomic E-state index is 14.7. The lowest BCUT2D eigenvalue weighted by atomic mass is 9.81. The third kappa shape index (κ3) is 5.59. The number of rotatable bonds is 6. The van der Waals surface area contributed by atoms with Crippen molar-refractivity contribution in [3.05, 3.63) is 41.6 Å². The smallest absolute Gasteiger partial charge is 0.379 e. The fraction of sp³-hybridized carbons (Fsp3) is 0.474. The summed E-state index contributed by atoms with van der Waals surface area (Å²) in [7, 11) is -0.974. The molecule has 2 aromatic rings. The topological polar surface area (TPSA) is 87.2 Å². The highest BCUT2D eigenvalue weighted by molar-refractivity contribution is 7.92. The molecule has 1 aliphatic rings. The highest BCUT2D eigenvalue weighted by Gasteiger charge is 2.45. The van der Waals surface area contributed by atoms with Gasteiger partial charge < -0.3 is 10.2 Å². The lowest BCUT2D eigenvalue weighted by Gasteiger charge is -2.41.